The van der Waals surface area contributed by atoms with Crippen molar-refractivity contribution in [3.8, 4) is 17.2 Å². The van der Waals surface area contributed by atoms with Crippen molar-refractivity contribution in [2.45, 2.75) is 18.4 Å². The number of hydrogen-bond donors (Lipinski definition) is 1. The summed E-state index contributed by atoms with van der Waals surface area (Å²) in [5.74, 6) is -5.41. The molecule has 1 N–H and O–H groups in total. The number of aryl methyl sites for hydroxylation is 1. The van der Waals surface area contributed by atoms with Crippen LogP contribution in [0.4, 0.5) is 29.2 Å². The number of hydrogen-bond acceptors (Lipinski definition) is 8. The van der Waals surface area contributed by atoms with Crippen molar-refractivity contribution >= 4 is 22.7 Å². The minimum Gasteiger partial charge on any atom is -0.368 e. The summed E-state index contributed by atoms with van der Waals surface area (Å²) >= 11 is 0. The van der Waals surface area contributed by atoms with Crippen molar-refractivity contribution in [1.82, 2.24) is 34.7 Å². The molecular formula is C34H28F4N10O. The van der Waals surface area contributed by atoms with E-state index in [-0.39, 0.29) is 0 Å². The molecule has 0 spiro atoms. The van der Waals surface area contributed by atoms with Crippen LogP contribution in [0.1, 0.15) is 23.7 Å². The van der Waals surface area contributed by atoms with E-state index in [1.54, 1.807) is 12.1 Å². The van der Waals surface area contributed by atoms with Gasteiger partial charge in [-0.05, 0) is 65.4 Å². The van der Waals surface area contributed by atoms with Crippen molar-refractivity contribution < 1.29 is 17.6 Å². The highest BCUT2D eigenvalue weighted by Gasteiger charge is 2.58. The van der Waals surface area contributed by atoms with Crippen LogP contribution in [0.5, 0.6) is 0 Å². The zero-order chi connectivity index (χ0) is 34.5. The van der Waals surface area contributed by atoms with E-state index >= 15 is 8.78 Å². The first-order valence-electron chi connectivity index (χ1n) is 15.3. The van der Waals surface area contributed by atoms with Crippen LogP contribution in [-0.2, 0) is 18.5 Å². The molecule has 0 amide bonds. The van der Waals surface area contributed by atoms with Crippen molar-refractivity contribution in [3.63, 3.8) is 0 Å². The van der Waals surface area contributed by atoms with E-state index in [1.807, 2.05) is 47.0 Å². The average molecular weight is 669 g/mol. The van der Waals surface area contributed by atoms with Crippen LogP contribution >= 0.6 is 0 Å². The molecule has 0 radical (unpaired) electrons. The second kappa shape index (κ2) is 11.9. The topological polar surface area (TPSA) is 125 Å². The first-order chi connectivity index (χ1) is 23.5. The number of nitriles is 1. The summed E-state index contributed by atoms with van der Waals surface area (Å²) in [6, 6.07) is 20.0. The van der Waals surface area contributed by atoms with Gasteiger partial charge in [0.15, 0.2) is 5.54 Å². The van der Waals surface area contributed by atoms with E-state index < -0.39 is 40.0 Å². The number of aromatic amines is 1. The van der Waals surface area contributed by atoms with Gasteiger partial charge in [0.25, 0.3) is 0 Å². The average Bonchev–Trinajstić information content (AvgIpc) is 3.70. The van der Waals surface area contributed by atoms with Gasteiger partial charge >= 0.3 is 11.6 Å². The summed E-state index contributed by atoms with van der Waals surface area (Å²) in [6.45, 7) is 3.90. The first-order valence-corrected chi connectivity index (χ1v) is 15.3. The van der Waals surface area contributed by atoms with Gasteiger partial charge in [0.2, 0.25) is 5.95 Å². The third-order valence-corrected chi connectivity index (χ3v) is 9.16. The standard InChI is InChI=1S/C34H28F4N10O/c1-33(48-32(49)42-43-44-48,26-10-7-24(35)18-27(26)36)34(37,38)30-12-6-23(20-40-30)22-4-8-25(9-5-22)46-13-15-47(16-14-46)31-41-28-17-21(19-39)3-11-29(28)45(31)2/h3-12,17-18,20H,13-16H2,1-2H3,(H,42,44,49)/t33-/m1/s1. The van der Waals surface area contributed by atoms with Gasteiger partial charge in [0, 0.05) is 62.3 Å². The summed E-state index contributed by atoms with van der Waals surface area (Å²) in [4.78, 5) is 25.7. The Balaban J connectivity index is 1.08. The number of anilines is 2. The fraction of sp³-hybridized carbons (Fsp3) is 0.235. The number of pyridine rings is 1. The zero-order valence-electron chi connectivity index (χ0n) is 26.3. The molecule has 1 fully saturated rings. The highest BCUT2D eigenvalue weighted by Crippen LogP contribution is 2.47. The fourth-order valence-electron chi connectivity index (χ4n) is 6.36. The summed E-state index contributed by atoms with van der Waals surface area (Å²) in [7, 11) is 1.96. The lowest BCUT2D eigenvalue weighted by Gasteiger charge is -2.36. The number of rotatable bonds is 7. The summed E-state index contributed by atoms with van der Waals surface area (Å²) in [5, 5.41) is 18.0. The first kappa shape index (κ1) is 31.6. The molecule has 1 aliphatic heterocycles. The van der Waals surface area contributed by atoms with Gasteiger partial charge in [-0.15, -0.1) is 0 Å². The number of tetrazole rings is 1. The number of nitrogens with one attached hydrogen (secondary N) is 1. The van der Waals surface area contributed by atoms with Crippen LogP contribution in [0, 0.1) is 23.0 Å². The van der Waals surface area contributed by atoms with Crippen LogP contribution in [-0.4, -0.2) is 60.9 Å². The lowest BCUT2D eigenvalue weighted by molar-refractivity contribution is -0.104. The smallest absolute Gasteiger partial charge is 0.362 e. The molecule has 3 aromatic carbocycles. The normalized spacial score (nSPS) is 15.0. The van der Waals surface area contributed by atoms with Crippen LogP contribution in [0.3, 0.4) is 0 Å². The molecule has 1 aliphatic rings. The highest BCUT2D eigenvalue weighted by atomic mass is 19.3. The van der Waals surface area contributed by atoms with Crippen LogP contribution in [0.2, 0.25) is 0 Å². The van der Waals surface area contributed by atoms with Gasteiger partial charge in [-0.3, -0.25) is 4.98 Å². The van der Waals surface area contributed by atoms with Crippen molar-refractivity contribution in [2.75, 3.05) is 36.0 Å². The molecular weight excluding hydrogens is 640 g/mol. The maximum Gasteiger partial charge on any atom is 0.362 e. The van der Waals surface area contributed by atoms with Crippen molar-refractivity contribution in [2.24, 2.45) is 7.05 Å². The Morgan fingerprint density at radius 3 is 2.24 bits per heavy atom. The molecule has 11 nitrogen and oxygen atoms in total. The van der Waals surface area contributed by atoms with E-state index in [4.69, 9.17) is 4.98 Å². The molecule has 49 heavy (non-hydrogen) atoms. The third-order valence-electron chi connectivity index (χ3n) is 9.16. The number of H-pyrrole nitrogens is 1. The summed E-state index contributed by atoms with van der Waals surface area (Å²) in [5.41, 5.74) is -0.675. The molecule has 0 bridgehead atoms. The highest BCUT2D eigenvalue weighted by molar-refractivity contribution is 5.80. The summed E-state index contributed by atoms with van der Waals surface area (Å²) in [6.07, 6.45) is 1.28. The maximum atomic E-state index is 16.4. The molecule has 0 aliphatic carbocycles. The fourth-order valence-corrected chi connectivity index (χ4v) is 6.36. The lowest BCUT2D eigenvalue weighted by Crippen LogP contribution is -2.52. The molecule has 15 heteroatoms. The number of imidazole rings is 1. The number of halogens is 4. The van der Waals surface area contributed by atoms with Crippen LogP contribution in [0.25, 0.3) is 22.2 Å². The number of benzene rings is 3. The lowest BCUT2D eigenvalue weighted by atomic mass is 9.83. The molecule has 0 saturated carbocycles. The van der Waals surface area contributed by atoms with Gasteiger partial charge < -0.3 is 14.4 Å². The predicted octanol–water partition coefficient (Wildman–Crippen LogP) is 4.95. The molecule has 1 saturated heterocycles. The zero-order valence-corrected chi connectivity index (χ0v) is 26.3. The van der Waals surface area contributed by atoms with E-state index in [0.717, 1.165) is 79.5 Å². The largest absolute Gasteiger partial charge is 0.368 e. The Morgan fingerprint density at radius 2 is 1.61 bits per heavy atom. The van der Waals surface area contributed by atoms with Gasteiger partial charge in [0.05, 0.1) is 22.7 Å². The van der Waals surface area contributed by atoms with Gasteiger partial charge in [-0.25, -0.2) is 23.7 Å². The molecule has 3 aromatic heterocycles. The number of piperazine rings is 1. The molecule has 1 atom stereocenters. The predicted molar refractivity (Wildman–Crippen MR) is 173 cm³/mol. The Bertz CT molecular complexity index is 2270. The SMILES string of the molecule is Cn1c(N2CCN(c3ccc(-c4ccc(C(F)(F)[C@@](C)(c5ccc(F)cc5F)n5nn[nH]c5=O)nc4)cc3)CC2)nc2cc(C#N)ccc21. The number of alkyl halides is 2. The van der Waals surface area contributed by atoms with Gasteiger partial charge in [-0.1, -0.05) is 24.3 Å². The van der Waals surface area contributed by atoms with Crippen LogP contribution in [0.15, 0.2) is 83.8 Å². The minimum atomic E-state index is -4.00. The third kappa shape index (κ3) is 5.25. The molecule has 0 unspecified atom stereocenters. The van der Waals surface area contributed by atoms with E-state index in [2.05, 4.69) is 31.3 Å². The molecule has 4 heterocycles. The Kier molecular flexibility index (Phi) is 7.65. The van der Waals surface area contributed by atoms with Gasteiger partial charge in [0.1, 0.15) is 17.3 Å². The summed E-state index contributed by atoms with van der Waals surface area (Å²) < 4.78 is 63.7. The second-order valence-corrected chi connectivity index (χ2v) is 11.9. The van der Waals surface area contributed by atoms with Gasteiger partial charge in [-0.2, -0.15) is 18.7 Å². The Hall–Kier alpha value is -6.04. The van der Waals surface area contributed by atoms with Crippen molar-refractivity contribution in [3.05, 3.63) is 118 Å². The maximum absolute atomic E-state index is 16.4. The molecule has 7 rings (SSSR count). The quantitative estimate of drug-likeness (QED) is 0.237. The number of fused-ring (bicyclic) bond motifs is 1. The second-order valence-electron chi connectivity index (χ2n) is 11.9. The van der Waals surface area contributed by atoms with E-state index in [9.17, 15) is 18.8 Å². The minimum absolute atomic E-state index is 0.335. The van der Waals surface area contributed by atoms with E-state index in [0.29, 0.717) is 21.9 Å². The van der Waals surface area contributed by atoms with Crippen molar-refractivity contribution in [1.29, 1.82) is 5.26 Å². The molecule has 6 aromatic rings. The van der Waals surface area contributed by atoms with Crippen LogP contribution < -0.4 is 15.5 Å². The number of nitrogens with zero attached hydrogens (tertiary/aromatic N) is 9. The van der Waals surface area contributed by atoms with E-state index in [1.165, 1.54) is 12.3 Å². The Morgan fingerprint density at radius 1 is 0.898 bits per heavy atom. The monoisotopic (exact) mass is 668 g/mol. The molecule has 248 valence electrons. The Labute approximate surface area is 276 Å². The number of aromatic nitrogens is 7.